The highest BCUT2D eigenvalue weighted by molar-refractivity contribution is 6.25. The number of amides is 4. The van der Waals surface area contributed by atoms with Crippen molar-refractivity contribution in [3.05, 3.63) is 227 Å². The Balaban J connectivity index is 1.13. The van der Waals surface area contributed by atoms with Gasteiger partial charge in [0.25, 0.3) is 0 Å². The molecule has 1 spiro atoms. The number of nitrogens with one attached hydrogen (secondary N) is 2. The van der Waals surface area contributed by atoms with Crippen LogP contribution in [0.4, 0.5) is 21.9 Å². The third-order valence-electron chi connectivity index (χ3n) is 15.5. The van der Waals surface area contributed by atoms with Gasteiger partial charge in [-0.15, -0.1) is 0 Å². The Kier molecular flexibility index (Phi) is 15.4. The highest BCUT2D eigenvalue weighted by Gasteiger charge is 2.75. The molecule has 0 aromatic heterocycles. The summed E-state index contributed by atoms with van der Waals surface area (Å²) in [5.41, 5.74) is 4.51. The first-order valence-corrected chi connectivity index (χ1v) is 26.8. The van der Waals surface area contributed by atoms with Crippen molar-refractivity contribution in [3.8, 4) is 17.6 Å². The number of hydrogen-bond donors (Lipinski definition) is 3. The van der Waals surface area contributed by atoms with E-state index < -0.39 is 65.4 Å². The van der Waals surface area contributed by atoms with Crippen LogP contribution in [0, 0.1) is 17.8 Å². The smallest absolute Gasteiger partial charge is 0.329 e. The summed E-state index contributed by atoms with van der Waals surface area (Å²) in [6.07, 6.45) is -0.916. The van der Waals surface area contributed by atoms with Crippen LogP contribution in [-0.2, 0) is 35.8 Å². The van der Waals surface area contributed by atoms with Crippen LogP contribution in [0.2, 0.25) is 0 Å². The topological polar surface area (TPSA) is 153 Å². The largest absolute Gasteiger partial charge is 0.491 e. The number of imide groups is 1. The maximum atomic E-state index is 17.0. The highest BCUT2D eigenvalue weighted by Crippen LogP contribution is 2.66. The van der Waals surface area contributed by atoms with E-state index in [2.05, 4.69) is 44.4 Å². The number of fused-ring (bicyclic) bond motifs is 3. The standard InChI is InChI=1S/C65H62N6O8/c1-44(47-19-9-4-10-20-47)66-64(76)70-55-34-25-45(18-15-35-68(2)43-46-16-7-3-8-17-46)42-54(55)65(63(70)75)56(61(73)67-51-28-30-52(31-29-51)69-36-39-77-40-37-69)58-62(74)79-59(49-23-13-6-14-24-49)57(48-21-11-5-12-22-48)71(58)60(65)50-26-32-53(33-27-50)78-41-38-72/h3-14,16-17,19-34,42,44,56-60,72H,35-41,43H2,1-2H3,(H,66,76)(H,67,73). The zero-order valence-electron chi connectivity index (χ0n) is 44.1. The van der Waals surface area contributed by atoms with Crippen LogP contribution in [-0.4, -0.2) is 97.9 Å². The summed E-state index contributed by atoms with van der Waals surface area (Å²) >= 11 is 0. The second-order valence-corrected chi connectivity index (χ2v) is 20.5. The monoisotopic (exact) mass is 1050 g/mol. The molecule has 0 saturated carbocycles. The van der Waals surface area contributed by atoms with Gasteiger partial charge < -0.3 is 34.9 Å². The van der Waals surface area contributed by atoms with Crippen LogP contribution >= 0.6 is 0 Å². The Labute approximate surface area is 460 Å². The third kappa shape index (κ3) is 10.4. The van der Waals surface area contributed by atoms with E-state index in [4.69, 9.17) is 14.2 Å². The minimum Gasteiger partial charge on any atom is -0.491 e. The van der Waals surface area contributed by atoms with Gasteiger partial charge >= 0.3 is 12.0 Å². The first-order chi connectivity index (χ1) is 38.6. The molecule has 14 heteroatoms. The summed E-state index contributed by atoms with van der Waals surface area (Å²) in [6.45, 7) is 5.38. The molecule has 4 aliphatic rings. The second kappa shape index (κ2) is 23.2. The number of benzene rings is 7. The van der Waals surface area contributed by atoms with Gasteiger partial charge in [-0.1, -0.05) is 145 Å². The minimum atomic E-state index is -2.03. The molecule has 0 radical (unpaired) electrons. The summed E-state index contributed by atoms with van der Waals surface area (Å²) < 4.78 is 18.2. The molecule has 7 aromatic rings. The average molecular weight is 1060 g/mol. The lowest BCUT2D eigenvalue weighted by molar-refractivity contribution is -0.177. The van der Waals surface area contributed by atoms with E-state index in [9.17, 15) is 5.11 Å². The van der Waals surface area contributed by atoms with Gasteiger partial charge in [0.05, 0.1) is 56.1 Å². The van der Waals surface area contributed by atoms with E-state index >= 15 is 19.2 Å². The zero-order chi connectivity index (χ0) is 54.5. The number of hydrogen-bond acceptors (Lipinski definition) is 11. The summed E-state index contributed by atoms with van der Waals surface area (Å²) in [7, 11) is 1.99. The molecule has 7 unspecified atom stereocenters. The molecule has 4 amide bonds. The van der Waals surface area contributed by atoms with Crippen LogP contribution in [0.1, 0.15) is 70.1 Å². The van der Waals surface area contributed by atoms with Crippen molar-refractivity contribution in [1.82, 2.24) is 15.1 Å². The van der Waals surface area contributed by atoms with Crippen LogP contribution in [0.25, 0.3) is 0 Å². The number of aliphatic hydroxyl groups is 1. The number of nitrogens with zero attached hydrogens (tertiary/aromatic N) is 4. The zero-order valence-corrected chi connectivity index (χ0v) is 44.1. The number of anilines is 3. The molecule has 14 nitrogen and oxygen atoms in total. The van der Waals surface area contributed by atoms with Crippen molar-refractivity contribution in [2.45, 2.75) is 49.2 Å². The van der Waals surface area contributed by atoms with Gasteiger partial charge in [-0.05, 0) is 102 Å². The Morgan fingerprint density at radius 2 is 1.42 bits per heavy atom. The van der Waals surface area contributed by atoms with Gasteiger partial charge in [0.15, 0.2) is 0 Å². The van der Waals surface area contributed by atoms with E-state index in [0.29, 0.717) is 73.1 Å². The molecule has 0 bridgehead atoms. The molecule has 400 valence electrons. The van der Waals surface area contributed by atoms with Crippen molar-refractivity contribution < 1.29 is 38.5 Å². The number of urea groups is 1. The number of esters is 1. The molecule has 7 aromatic carbocycles. The van der Waals surface area contributed by atoms with Gasteiger partial charge in [0.1, 0.15) is 29.9 Å². The van der Waals surface area contributed by atoms with E-state index in [-0.39, 0.29) is 18.9 Å². The molecule has 0 aliphatic carbocycles. The molecular weight excluding hydrogens is 993 g/mol. The fourth-order valence-corrected chi connectivity index (χ4v) is 12.0. The average Bonchev–Trinajstić information content (AvgIpc) is 2.19. The predicted molar refractivity (Wildman–Crippen MR) is 302 cm³/mol. The molecule has 79 heavy (non-hydrogen) atoms. The van der Waals surface area contributed by atoms with E-state index in [1.165, 1.54) is 0 Å². The van der Waals surface area contributed by atoms with E-state index in [1.54, 1.807) is 24.3 Å². The normalized spacial score (nSPS) is 21.8. The van der Waals surface area contributed by atoms with Gasteiger partial charge in [0, 0.05) is 36.6 Å². The molecule has 3 fully saturated rings. The summed E-state index contributed by atoms with van der Waals surface area (Å²) in [5.74, 6) is 3.60. The fraction of sp³-hybridized carbons (Fsp3) is 0.262. The maximum absolute atomic E-state index is 17.0. The summed E-state index contributed by atoms with van der Waals surface area (Å²) in [4.78, 5) is 71.8. The molecule has 3 N–H and O–H groups in total. The molecule has 3 saturated heterocycles. The highest BCUT2D eigenvalue weighted by atomic mass is 16.6. The van der Waals surface area contributed by atoms with Gasteiger partial charge in [-0.25, -0.2) is 9.69 Å². The summed E-state index contributed by atoms with van der Waals surface area (Å²) in [5, 5.41) is 16.0. The SMILES string of the molecule is CC(NC(=O)N1C(=O)C2(c3cc(C#CCN(C)Cc4ccccc4)ccc31)C(C(=O)Nc1ccc(N3CCOCC3)cc1)C1C(=O)OC(c3ccccc3)C(c3ccccc3)N1C2c1ccc(OCCO)cc1)c1ccccc1. The maximum Gasteiger partial charge on any atom is 0.329 e. The van der Waals surface area contributed by atoms with Crippen molar-refractivity contribution in [1.29, 1.82) is 0 Å². The van der Waals surface area contributed by atoms with E-state index in [1.807, 2.05) is 171 Å². The van der Waals surface area contributed by atoms with Crippen LogP contribution in [0.5, 0.6) is 5.75 Å². The molecule has 4 aliphatic heterocycles. The van der Waals surface area contributed by atoms with Crippen LogP contribution in [0.3, 0.4) is 0 Å². The van der Waals surface area contributed by atoms with Crippen LogP contribution < -0.4 is 25.2 Å². The number of rotatable bonds is 14. The van der Waals surface area contributed by atoms with Crippen LogP contribution in [0.15, 0.2) is 188 Å². The summed E-state index contributed by atoms with van der Waals surface area (Å²) in [6, 6.07) is 54.2. The van der Waals surface area contributed by atoms with E-state index in [0.717, 1.165) is 27.3 Å². The lowest BCUT2D eigenvalue weighted by atomic mass is 9.65. The predicted octanol–water partition coefficient (Wildman–Crippen LogP) is 9.15. The number of cyclic esters (lactones) is 1. The number of morpholine rings is 2. The van der Waals surface area contributed by atoms with Gasteiger partial charge in [-0.3, -0.25) is 24.2 Å². The van der Waals surface area contributed by atoms with Crippen molar-refractivity contribution in [3.63, 3.8) is 0 Å². The molecule has 11 rings (SSSR count). The lowest BCUT2D eigenvalue weighted by Crippen LogP contribution is -2.55. The number of ether oxygens (including phenoxy) is 3. The van der Waals surface area contributed by atoms with Gasteiger partial charge in [0.2, 0.25) is 11.8 Å². The molecule has 7 atom stereocenters. The van der Waals surface area contributed by atoms with Crippen molar-refractivity contribution in [2.75, 3.05) is 68.2 Å². The second-order valence-electron chi connectivity index (χ2n) is 20.5. The van der Waals surface area contributed by atoms with Crippen molar-refractivity contribution >= 4 is 40.9 Å². The Morgan fingerprint density at radius 1 is 0.772 bits per heavy atom. The number of carbonyl (C=O) groups is 4. The third-order valence-corrected chi connectivity index (χ3v) is 15.5. The number of aliphatic hydroxyl groups excluding tert-OH is 1. The first-order valence-electron chi connectivity index (χ1n) is 26.8. The van der Waals surface area contributed by atoms with Crippen molar-refractivity contribution in [2.24, 2.45) is 5.92 Å². The first kappa shape index (κ1) is 52.5. The number of carbonyl (C=O) groups excluding carboxylic acids is 4. The fourth-order valence-electron chi connectivity index (χ4n) is 12.0. The molecule has 4 heterocycles. The quantitative estimate of drug-likeness (QED) is 0.0706. The Bertz CT molecular complexity index is 3350. The Morgan fingerprint density at radius 3 is 2.09 bits per heavy atom. The minimum absolute atomic E-state index is 0.0421. The Hall–Kier alpha value is -8.58. The molecular formula is C65H62N6O8. The lowest BCUT2D eigenvalue weighted by Gasteiger charge is -2.46. The van der Waals surface area contributed by atoms with Gasteiger partial charge in [-0.2, -0.15) is 0 Å².